The molecule has 1 fully saturated rings. The minimum Gasteiger partial charge on any atom is -0.350 e. The summed E-state index contributed by atoms with van der Waals surface area (Å²) in [6, 6.07) is 1.43. The van der Waals surface area contributed by atoms with Gasteiger partial charge in [-0.15, -0.1) is 0 Å². The van der Waals surface area contributed by atoms with Gasteiger partial charge in [-0.25, -0.2) is 4.98 Å². The highest BCUT2D eigenvalue weighted by Crippen LogP contribution is 2.35. The fourth-order valence-electron chi connectivity index (χ4n) is 2.90. The van der Waals surface area contributed by atoms with E-state index in [1.54, 1.807) is 0 Å². The smallest absolute Gasteiger partial charge is 0.350 e. The molecule has 0 bridgehead atoms. The second-order valence-electron chi connectivity index (χ2n) is 5.61. The van der Waals surface area contributed by atoms with Crippen molar-refractivity contribution in [1.29, 1.82) is 0 Å². The Labute approximate surface area is 142 Å². The molecule has 0 aliphatic carbocycles. The van der Waals surface area contributed by atoms with E-state index in [1.165, 1.54) is 6.07 Å². The Hall–Kier alpha value is -2.37. The van der Waals surface area contributed by atoms with Crippen LogP contribution in [-0.4, -0.2) is 38.2 Å². The van der Waals surface area contributed by atoms with Crippen molar-refractivity contribution < 1.29 is 13.2 Å². The molecule has 1 aliphatic rings. The monoisotopic (exact) mass is 373 g/mol. The number of alkyl halides is 3. The number of aromatic amines is 3. The van der Waals surface area contributed by atoms with Gasteiger partial charge in [0.25, 0.3) is 5.56 Å². The molecule has 12 heteroatoms. The summed E-state index contributed by atoms with van der Waals surface area (Å²) in [7, 11) is 0. The molecule has 0 radical (unpaired) electrons. The molecule has 25 heavy (non-hydrogen) atoms. The van der Waals surface area contributed by atoms with Gasteiger partial charge in [-0.3, -0.25) is 20.7 Å². The van der Waals surface area contributed by atoms with Gasteiger partial charge in [0.15, 0.2) is 5.82 Å². The molecule has 0 saturated carbocycles. The van der Waals surface area contributed by atoms with Gasteiger partial charge in [0.05, 0.1) is 16.7 Å². The second-order valence-corrected chi connectivity index (χ2v) is 6.02. The van der Waals surface area contributed by atoms with Crippen LogP contribution in [0.2, 0.25) is 5.02 Å². The maximum absolute atomic E-state index is 12.8. The Morgan fingerprint density at radius 2 is 1.92 bits per heavy atom. The fraction of sp³-hybridized carbons (Fsp3) is 0.308. The predicted molar refractivity (Wildman–Crippen MR) is 83.1 cm³/mol. The lowest BCUT2D eigenvalue weighted by Gasteiger charge is -2.08. The van der Waals surface area contributed by atoms with Crippen LogP contribution in [0.5, 0.6) is 0 Å². The van der Waals surface area contributed by atoms with Gasteiger partial charge >= 0.3 is 6.18 Å². The Morgan fingerprint density at radius 3 is 2.56 bits per heavy atom. The molecule has 4 rings (SSSR count). The van der Waals surface area contributed by atoms with E-state index in [2.05, 4.69) is 30.9 Å². The normalized spacial score (nSPS) is 16.2. The quantitative estimate of drug-likeness (QED) is 0.467. The molecule has 1 saturated heterocycles. The highest BCUT2D eigenvalue weighted by atomic mass is 35.5. The molecule has 3 aromatic heterocycles. The number of nitrogens with one attached hydrogen (secondary N) is 5. The third kappa shape index (κ3) is 2.69. The second kappa shape index (κ2) is 5.58. The van der Waals surface area contributed by atoms with Crippen molar-refractivity contribution in [1.82, 2.24) is 36.0 Å². The van der Waals surface area contributed by atoms with Gasteiger partial charge in [-0.1, -0.05) is 11.6 Å². The first-order valence-electron chi connectivity index (χ1n) is 7.24. The largest absolute Gasteiger partial charge is 0.451 e. The van der Waals surface area contributed by atoms with Crippen LogP contribution >= 0.6 is 11.6 Å². The molecule has 0 aromatic carbocycles. The molecule has 3 aromatic rings. The summed E-state index contributed by atoms with van der Waals surface area (Å²) in [5, 5.41) is 5.54. The number of hydrazine groups is 1. The average molecular weight is 374 g/mol. The number of aromatic nitrogens is 5. The van der Waals surface area contributed by atoms with Gasteiger partial charge in [0.2, 0.25) is 5.82 Å². The Balaban J connectivity index is 1.94. The zero-order chi connectivity index (χ0) is 17.8. The predicted octanol–water partition coefficient (Wildman–Crippen LogP) is 1.50. The number of nitrogens with zero attached hydrogens (tertiary/aromatic N) is 2. The molecular weight excluding hydrogens is 363 g/mol. The molecule has 0 unspecified atom stereocenters. The summed E-state index contributed by atoms with van der Waals surface area (Å²) in [5.41, 5.74) is 7.29. The van der Waals surface area contributed by atoms with E-state index in [0.717, 1.165) is 0 Å². The molecule has 0 amide bonds. The standard InChI is InChI=1S/C13H11ClF3N7O/c14-5-1-6-8(21-11(5)25)7(4-2-18-19-3-4)9(20-6)10-22-12(24-23-10)13(15,16)17/h1,4,18-20H,2-3H2,(H,21,25)(H,22,23,24). The first-order chi connectivity index (χ1) is 11.8. The molecule has 8 nitrogen and oxygen atoms in total. The van der Waals surface area contributed by atoms with E-state index in [-0.39, 0.29) is 16.8 Å². The lowest BCUT2D eigenvalue weighted by Crippen LogP contribution is -2.21. The van der Waals surface area contributed by atoms with E-state index in [9.17, 15) is 18.0 Å². The molecule has 4 heterocycles. The average Bonchev–Trinajstić information content (AvgIpc) is 3.25. The van der Waals surface area contributed by atoms with E-state index in [1.807, 2.05) is 5.10 Å². The Kier molecular flexibility index (Phi) is 3.60. The van der Waals surface area contributed by atoms with Crippen molar-refractivity contribution in [3.05, 3.63) is 32.8 Å². The first-order valence-corrected chi connectivity index (χ1v) is 7.62. The summed E-state index contributed by atoms with van der Waals surface area (Å²) in [6.45, 7) is 1.06. The molecule has 132 valence electrons. The summed E-state index contributed by atoms with van der Waals surface area (Å²) in [4.78, 5) is 21.0. The maximum Gasteiger partial charge on any atom is 0.451 e. The third-order valence-electron chi connectivity index (χ3n) is 4.00. The van der Waals surface area contributed by atoms with Crippen LogP contribution < -0.4 is 16.4 Å². The number of pyridine rings is 1. The van der Waals surface area contributed by atoms with Gasteiger partial charge in [0.1, 0.15) is 5.02 Å². The van der Waals surface area contributed by atoms with Gasteiger partial charge in [0, 0.05) is 24.6 Å². The Morgan fingerprint density at radius 1 is 1.20 bits per heavy atom. The zero-order valence-corrected chi connectivity index (χ0v) is 13.1. The lowest BCUT2D eigenvalue weighted by molar-refractivity contribution is -0.144. The summed E-state index contributed by atoms with van der Waals surface area (Å²) < 4.78 is 38.4. The van der Waals surface area contributed by atoms with Crippen LogP contribution in [0.4, 0.5) is 13.2 Å². The zero-order valence-electron chi connectivity index (χ0n) is 12.4. The minimum absolute atomic E-state index is 0.0273. The van der Waals surface area contributed by atoms with Crippen LogP contribution in [0.3, 0.4) is 0 Å². The number of halogens is 4. The van der Waals surface area contributed by atoms with Crippen LogP contribution in [0.25, 0.3) is 22.6 Å². The number of fused-ring (bicyclic) bond motifs is 1. The maximum atomic E-state index is 12.8. The van der Waals surface area contributed by atoms with Crippen molar-refractivity contribution in [2.45, 2.75) is 12.1 Å². The fourth-order valence-corrected chi connectivity index (χ4v) is 3.05. The SMILES string of the molecule is O=c1[nH]c2c(C3CNNC3)c(-c3n[nH]c(C(F)(F)F)n3)[nH]c2cc1Cl. The third-order valence-corrected chi connectivity index (χ3v) is 4.28. The van der Waals surface area contributed by atoms with Crippen molar-refractivity contribution >= 4 is 22.6 Å². The van der Waals surface area contributed by atoms with Crippen molar-refractivity contribution in [3.8, 4) is 11.5 Å². The van der Waals surface area contributed by atoms with Crippen molar-refractivity contribution in [3.63, 3.8) is 0 Å². The minimum atomic E-state index is -4.63. The van der Waals surface area contributed by atoms with E-state index < -0.39 is 17.6 Å². The summed E-state index contributed by atoms with van der Waals surface area (Å²) >= 11 is 5.84. The molecule has 5 N–H and O–H groups in total. The van der Waals surface area contributed by atoms with Gasteiger partial charge in [-0.05, 0) is 6.07 Å². The van der Waals surface area contributed by atoms with Crippen LogP contribution in [0.1, 0.15) is 17.3 Å². The van der Waals surface area contributed by atoms with Crippen molar-refractivity contribution in [2.24, 2.45) is 0 Å². The number of hydrogen-bond donors (Lipinski definition) is 5. The lowest BCUT2D eigenvalue weighted by atomic mass is 9.98. The number of hydrogen-bond acceptors (Lipinski definition) is 5. The first kappa shape index (κ1) is 16.1. The highest BCUT2D eigenvalue weighted by Gasteiger charge is 2.36. The number of rotatable bonds is 2. The summed E-state index contributed by atoms with van der Waals surface area (Å²) in [5.74, 6) is -1.43. The van der Waals surface area contributed by atoms with Crippen molar-refractivity contribution in [2.75, 3.05) is 13.1 Å². The molecule has 0 atom stereocenters. The van der Waals surface area contributed by atoms with E-state index in [0.29, 0.717) is 35.4 Å². The van der Waals surface area contributed by atoms with Gasteiger partial charge in [-0.2, -0.15) is 18.3 Å². The van der Waals surface area contributed by atoms with E-state index >= 15 is 0 Å². The molecule has 0 spiro atoms. The molecule has 1 aliphatic heterocycles. The van der Waals surface area contributed by atoms with Crippen LogP contribution in [0, 0.1) is 0 Å². The number of H-pyrrole nitrogens is 3. The topological polar surface area (TPSA) is 114 Å². The van der Waals surface area contributed by atoms with Gasteiger partial charge < -0.3 is 9.97 Å². The van der Waals surface area contributed by atoms with Crippen LogP contribution in [0.15, 0.2) is 10.9 Å². The highest BCUT2D eigenvalue weighted by molar-refractivity contribution is 6.31. The summed E-state index contributed by atoms with van der Waals surface area (Å²) in [6.07, 6.45) is -4.63. The van der Waals surface area contributed by atoms with E-state index in [4.69, 9.17) is 11.6 Å². The molecular formula is C13H11ClF3N7O. The Bertz CT molecular complexity index is 999. The van der Waals surface area contributed by atoms with Crippen LogP contribution in [-0.2, 0) is 6.18 Å².